The van der Waals surface area contributed by atoms with Crippen LogP contribution in [0.1, 0.15) is 57.4 Å². The fraction of sp³-hybridized carbons (Fsp3) is 0.357. The average molecular weight is 571 g/mol. The molecule has 2 atom stereocenters. The Morgan fingerprint density at radius 1 is 1.20 bits per heavy atom. The quantitative estimate of drug-likeness (QED) is 0.421. The van der Waals surface area contributed by atoms with Crippen LogP contribution >= 0.6 is 11.6 Å². The van der Waals surface area contributed by atoms with Crippen LogP contribution in [0.2, 0.25) is 5.02 Å². The van der Waals surface area contributed by atoms with Gasteiger partial charge in [-0.05, 0) is 29.8 Å². The predicted octanol–water partition coefficient (Wildman–Crippen LogP) is 3.56. The van der Waals surface area contributed by atoms with Gasteiger partial charge in [-0.15, -0.1) is 0 Å². The van der Waals surface area contributed by atoms with E-state index in [0.717, 1.165) is 6.07 Å². The number of nitriles is 1. The third kappa shape index (κ3) is 4.82. The number of aromatic nitrogens is 2. The lowest BCUT2D eigenvalue weighted by molar-refractivity contribution is -0.121. The van der Waals surface area contributed by atoms with Crippen molar-refractivity contribution >= 4 is 17.5 Å². The molecule has 0 unspecified atom stereocenters. The van der Waals surface area contributed by atoms with E-state index in [2.05, 4.69) is 9.97 Å². The molecule has 2 N–H and O–H groups in total. The number of aliphatic hydroxyl groups excluding tert-OH is 2. The highest BCUT2D eigenvalue weighted by Crippen LogP contribution is 2.49. The number of carbonyl (C=O) groups excluding carboxylic acids is 1. The van der Waals surface area contributed by atoms with Gasteiger partial charge in [0.05, 0.1) is 36.4 Å². The zero-order chi connectivity index (χ0) is 28.5. The third-order valence-corrected chi connectivity index (χ3v) is 7.46. The second kappa shape index (κ2) is 11.2. The summed E-state index contributed by atoms with van der Waals surface area (Å²) < 4.78 is 43.2. The van der Waals surface area contributed by atoms with E-state index in [9.17, 15) is 15.0 Å². The van der Waals surface area contributed by atoms with Crippen molar-refractivity contribution < 1.29 is 33.3 Å². The van der Waals surface area contributed by atoms with Crippen LogP contribution in [0, 0.1) is 17.1 Å². The molecule has 40 heavy (non-hydrogen) atoms. The highest BCUT2D eigenvalue weighted by Gasteiger charge is 2.55. The lowest BCUT2D eigenvalue weighted by atomic mass is 9.84. The maximum Gasteiger partial charge on any atom is 0.257 e. The molecule has 1 saturated heterocycles. The number of nitrogens with zero attached hydrogens (tertiary/aromatic N) is 4. The minimum absolute atomic E-state index is 0.0860. The lowest BCUT2D eigenvalue weighted by Gasteiger charge is -2.39. The molecule has 1 fully saturated rings. The first-order valence-corrected chi connectivity index (χ1v) is 12.9. The smallest absolute Gasteiger partial charge is 0.257 e. The Morgan fingerprint density at radius 2 is 1.88 bits per heavy atom. The molecule has 0 radical (unpaired) electrons. The number of aliphatic hydroxyl groups is 2. The summed E-state index contributed by atoms with van der Waals surface area (Å²) in [4.78, 5) is 23.5. The van der Waals surface area contributed by atoms with Crippen molar-refractivity contribution in [3.8, 4) is 6.07 Å². The molecule has 208 valence electrons. The van der Waals surface area contributed by atoms with Crippen LogP contribution in [0.4, 0.5) is 8.78 Å². The van der Waals surface area contributed by atoms with Crippen molar-refractivity contribution in [3.63, 3.8) is 0 Å². The first kappa shape index (κ1) is 28.0. The van der Waals surface area contributed by atoms with Crippen LogP contribution < -0.4 is 0 Å². The summed E-state index contributed by atoms with van der Waals surface area (Å²) in [6, 6.07) is 10.4. The minimum atomic E-state index is -2.06. The zero-order valence-electron chi connectivity index (χ0n) is 21.2. The van der Waals surface area contributed by atoms with Crippen LogP contribution in [0.3, 0.4) is 0 Å². The van der Waals surface area contributed by atoms with Gasteiger partial charge in [0, 0.05) is 49.0 Å². The van der Waals surface area contributed by atoms with Crippen molar-refractivity contribution in [3.05, 3.63) is 93.3 Å². The molecule has 1 aromatic heterocycles. The van der Waals surface area contributed by atoms with Crippen molar-refractivity contribution in [2.45, 2.75) is 36.9 Å². The highest BCUT2D eigenvalue weighted by molar-refractivity contribution is 6.30. The number of carbonyl (C=O) groups is 1. The van der Waals surface area contributed by atoms with Gasteiger partial charge in [0.2, 0.25) is 0 Å². The number of alkyl halides is 1. The van der Waals surface area contributed by atoms with Crippen LogP contribution in [0.25, 0.3) is 0 Å². The standard InChI is InChI=1S/C28H25ClF2N4O5/c29-20-3-1-19(2-4-20)28(40-10-7-36)24-21(26(38)35(28)16-23-33-14-17(13-32)15-34-23)11-18(12-22(24)30)25(37)27(31)5-8-39-9-6-27/h1-4,11-12,14-15,25,36-37H,5-10,16H2/t25-,28-/m1/s1. The topological polar surface area (TPSA) is 129 Å². The van der Waals surface area contributed by atoms with Crippen molar-refractivity contribution in [1.29, 1.82) is 5.26 Å². The molecular formula is C28H25ClF2N4O5. The van der Waals surface area contributed by atoms with Crippen LogP contribution in [0.5, 0.6) is 0 Å². The third-order valence-electron chi connectivity index (χ3n) is 7.21. The van der Waals surface area contributed by atoms with E-state index in [1.54, 1.807) is 24.3 Å². The van der Waals surface area contributed by atoms with E-state index in [1.165, 1.54) is 23.4 Å². The number of hydrogen-bond donors (Lipinski definition) is 2. The van der Waals surface area contributed by atoms with Gasteiger partial charge in [-0.1, -0.05) is 23.7 Å². The number of hydrogen-bond acceptors (Lipinski definition) is 8. The van der Waals surface area contributed by atoms with E-state index < -0.39 is 35.8 Å². The SMILES string of the molecule is N#Cc1cnc(CN2C(=O)c3cc([C@@H](O)C4(F)CCOCC4)cc(F)c3[C@]2(OCCO)c2ccc(Cl)cc2)nc1. The fourth-order valence-electron chi connectivity index (χ4n) is 5.23. The molecule has 1 amide bonds. The minimum Gasteiger partial charge on any atom is -0.394 e. The molecule has 5 rings (SSSR count). The van der Waals surface area contributed by atoms with Gasteiger partial charge in [0.25, 0.3) is 5.91 Å². The van der Waals surface area contributed by atoms with E-state index in [0.29, 0.717) is 10.6 Å². The Morgan fingerprint density at radius 3 is 2.50 bits per heavy atom. The van der Waals surface area contributed by atoms with Gasteiger partial charge in [0.1, 0.15) is 29.5 Å². The molecular weight excluding hydrogens is 546 g/mol. The monoisotopic (exact) mass is 570 g/mol. The molecule has 0 saturated carbocycles. The normalized spacial score (nSPS) is 20.7. The van der Waals surface area contributed by atoms with E-state index in [-0.39, 0.29) is 67.3 Å². The largest absolute Gasteiger partial charge is 0.394 e. The second-order valence-electron chi connectivity index (χ2n) is 9.59. The Labute approximate surface area is 233 Å². The number of halogens is 3. The molecule has 0 bridgehead atoms. The lowest BCUT2D eigenvalue weighted by Crippen LogP contribution is -2.47. The van der Waals surface area contributed by atoms with E-state index in [1.807, 2.05) is 6.07 Å². The maximum atomic E-state index is 16.2. The summed E-state index contributed by atoms with van der Waals surface area (Å²) in [5.74, 6) is -1.47. The van der Waals surface area contributed by atoms with Gasteiger partial charge in [-0.3, -0.25) is 9.69 Å². The first-order chi connectivity index (χ1) is 19.2. The molecule has 9 nitrogen and oxygen atoms in total. The summed E-state index contributed by atoms with van der Waals surface area (Å²) in [7, 11) is 0. The molecule has 12 heteroatoms. The summed E-state index contributed by atoms with van der Waals surface area (Å²) >= 11 is 6.11. The van der Waals surface area contributed by atoms with Crippen molar-refractivity contribution in [2.75, 3.05) is 26.4 Å². The maximum absolute atomic E-state index is 16.2. The number of rotatable bonds is 8. The number of ether oxygens (including phenoxy) is 2. The van der Waals surface area contributed by atoms with Gasteiger partial charge in [0.15, 0.2) is 5.72 Å². The molecule has 0 spiro atoms. The summed E-state index contributed by atoms with van der Waals surface area (Å²) in [5.41, 5.74) is -3.84. The van der Waals surface area contributed by atoms with Gasteiger partial charge in [-0.2, -0.15) is 5.26 Å². The average Bonchev–Trinajstić information content (AvgIpc) is 3.20. The van der Waals surface area contributed by atoms with E-state index >= 15 is 8.78 Å². The molecule has 3 aromatic rings. The second-order valence-corrected chi connectivity index (χ2v) is 10.0. The molecule has 3 heterocycles. The van der Waals surface area contributed by atoms with Gasteiger partial charge in [-0.25, -0.2) is 18.7 Å². The molecule has 2 aromatic carbocycles. The number of amides is 1. The Kier molecular flexibility index (Phi) is 7.81. The highest BCUT2D eigenvalue weighted by atomic mass is 35.5. The van der Waals surface area contributed by atoms with Crippen LogP contribution in [-0.4, -0.2) is 63.1 Å². The Balaban J connectivity index is 1.68. The molecule has 2 aliphatic rings. The fourth-order valence-corrected chi connectivity index (χ4v) is 5.35. The molecule has 2 aliphatic heterocycles. The van der Waals surface area contributed by atoms with Crippen molar-refractivity contribution in [1.82, 2.24) is 14.9 Å². The zero-order valence-corrected chi connectivity index (χ0v) is 21.9. The van der Waals surface area contributed by atoms with Crippen LogP contribution in [0.15, 0.2) is 48.8 Å². The van der Waals surface area contributed by atoms with Crippen molar-refractivity contribution in [2.24, 2.45) is 0 Å². The number of fused-ring (bicyclic) bond motifs is 1. The predicted molar refractivity (Wildman–Crippen MR) is 137 cm³/mol. The summed E-state index contributed by atoms with van der Waals surface area (Å²) in [6.07, 6.45) is 0.702. The Hall–Kier alpha value is -3.53. The number of benzene rings is 2. The van der Waals surface area contributed by atoms with Gasteiger partial charge < -0.3 is 19.7 Å². The molecule has 0 aliphatic carbocycles. The Bertz CT molecular complexity index is 1440. The van der Waals surface area contributed by atoms with Gasteiger partial charge >= 0.3 is 0 Å². The van der Waals surface area contributed by atoms with E-state index in [4.69, 9.17) is 26.3 Å². The van der Waals surface area contributed by atoms with Crippen LogP contribution in [-0.2, 0) is 21.7 Å². The summed E-state index contributed by atoms with van der Waals surface area (Å²) in [5, 5.41) is 30.1. The first-order valence-electron chi connectivity index (χ1n) is 12.6. The summed E-state index contributed by atoms with van der Waals surface area (Å²) in [6.45, 7) is -0.780.